The van der Waals surface area contributed by atoms with E-state index in [2.05, 4.69) is 59.9 Å². The van der Waals surface area contributed by atoms with E-state index in [-0.39, 0.29) is 6.04 Å². The van der Waals surface area contributed by atoms with Crippen LogP contribution < -0.4 is 15.3 Å². The molecule has 2 aromatic rings. The van der Waals surface area contributed by atoms with Gasteiger partial charge in [-0.25, -0.2) is 20.1 Å². The minimum Gasteiger partial charge on any atom is -0.378 e. The highest BCUT2D eigenvalue weighted by Gasteiger charge is 2.48. The highest BCUT2D eigenvalue weighted by Crippen LogP contribution is 2.57. The standard InChI is InChI=1S/C30H44N6O3Si/c1-23-21-38-16-15-34(23)26-19-24(5-7-30(37)12-10-29(8-9-29)11-13-30)25-20-32-36(28(25)33-26)27-6-14-31-35(27)22-39-17-18-40(2,3)4/h6,14,19,23,32,37H,8-13,15-18,20-22H2,1-4H3/t23-/m1/s1. The van der Waals surface area contributed by atoms with E-state index in [1.165, 1.54) is 12.8 Å². The highest BCUT2D eigenvalue weighted by atomic mass is 28.3. The van der Waals surface area contributed by atoms with Gasteiger partial charge < -0.3 is 19.5 Å². The fourth-order valence-electron chi connectivity index (χ4n) is 5.98. The number of nitrogens with zero attached hydrogens (tertiary/aromatic N) is 5. The van der Waals surface area contributed by atoms with Crippen molar-refractivity contribution in [3.05, 3.63) is 29.5 Å². The summed E-state index contributed by atoms with van der Waals surface area (Å²) < 4.78 is 13.6. The molecule has 4 aliphatic rings. The van der Waals surface area contributed by atoms with Crippen molar-refractivity contribution in [1.82, 2.24) is 20.2 Å². The van der Waals surface area contributed by atoms with Gasteiger partial charge in [-0.3, -0.25) is 0 Å². The number of anilines is 3. The molecule has 0 radical (unpaired) electrons. The number of hydrogen-bond acceptors (Lipinski definition) is 8. The molecule has 9 nitrogen and oxygen atoms in total. The molecule has 216 valence electrons. The van der Waals surface area contributed by atoms with E-state index < -0.39 is 13.7 Å². The topological polar surface area (TPSA) is 87.9 Å². The highest BCUT2D eigenvalue weighted by molar-refractivity contribution is 6.76. The van der Waals surface area contributed by atoms with E-state index in [4.69, 9.17) is 14.5 Å². The number of morpholine rings is 1. The molecular weight excluding hydrogens is 520 g/mol. The van der Waals surface area contributed by atoms with Crippen LogP contribution in [-0.4, -0.2) is 66.0 Å². The van der Waals surface area contributed by atoms with Crippen molar-refractivity contribution >= 4 is 25.5 Å². The third-order valence-electron chi connectivity index (χ3n) is 9.03. The number of aliphatic hydroxyl groups is 1. The summed E-state index contributed by atoms with van der Waals surface area (Å²) in [5, 5.41) is 17.9. The Morgan fingerprint density at radius 1 is 1.20 bits per heavy atom. The summed E-state index contributed by atoms with van der Waals surface area (Å²) in [7, 11) is -1.16. The monoisotopic (exact) mass is 564 g/mol. The first-order chi connectivity index (χ1) is 19.1. The molecule has 2 aromatic heterocycles. The van der Waals surface area contributed by atoms with E-state index in [9.17, 15) is 5.11 Å². The molecule has 4 heterocycles. The number of nitrogens with one attached hydrogen (secondary N) is 1. The van der Waals surface area contributed by atoms with Crippen molar-refractivity contribution in [3.8, 4) is 11.8 Å². The lowest BCUT2D eigenvalue weighted by atomic mass is 9.77. The molecule has 1 spiro atoms. The summed E-state index contributed by atoms with van der Waals surface area (Å²) in [6.07, 6.45) is 8.14. The summed E-state index contributed by atoms with van der Waals surface area (Å²) in [4.78, 5) is 7.46. The van der Waals surface area contributed by atoms with Gasteiger partial charge in [0, 0.05) is 45.0 Å². The summed E-state index contributed by atoms with van der Waals surface area (Å²) in [6.45, 7) is 13.1. The van der Waals surface area contributed by atoms with E-state index in [0.717, 1.165) is 73.5 Å². The Bertz CT molecular complexity index is 1280. The number of ether oxygens (including phenoxy) is 2. The van der Waals surface area contributed by atoms with Crippen molar-refractivity contribution in [2.75, 3.05) is 36.3 Å². The number of aromatic nitrogens is 3. The molecule has 1 saturated heterocycles. The van der Waals surface area contributed by atoms with Crippen molar-refractivity contribution in [2.24, 2.45) is 5.41 Å². The third kappa shape index (κ3) is 5.95. The molecule has 0 amide bonds. The molecule has 1 atom stereocenters. The number of pyridine rings is 1. The predicted octanol–water partition coefficient (Wildman–Crippen LogP) is 4.41. The van der Waals surface area contributed by atoms with Crippen LogP contribution in [0.5, 0.6) is 0 Å². The minimum absolute atomic E-state index is 0.213. The first-order valence-corrected chi connectivity index (χ1v) is 18.6. The lowest BCUT2D eigenvalue weighted by Gasteiger charge is -2.35. The van der Waals surface area contributed by atoms with Gasteiger partial charge in [-0.1, -0.05) is 31.5 Å². The quantitative estimate of drug-likeness (QED) is 0.291. The van der Waals surface area contributed by atoms with E-state index in [0.29, 0.717) is 31.9 Å². The maximum absolute atomic E-state index is 11.3. The van der Waals surface area contributed by atoms with Gasteiger partial charge in [0.05, 0.1) is 25.5 Å². The number of fused-ring (bicyclic) bond motifs is 1. The van der Waals surface area contributed by atoms with Gasteiger partial charge in [-0.05, 0) is 63.0 Å². The van der Waals surface area contributed by atoms with Crippen molar-refractivity contribution in [2.45, 2.75) is 96.1 Å². The van der Waals surface area contributed by atoms with Crippen LogP contribution in [-0.2, 0) is 22.7 Å². The predicted molar refractivity (Wildman–Crippen MR) is 159 cm³/mol. The van der Waals surface area contributed by atoms with Crippen LogP contribution >= 0.6 is 0 Å². The molecule has 10 heteroatoms. The molecule has 0 unspecified atom stereocenters. The first kappa shape index (κ1) is 27.7. The van der Waals surface area contributed by atoms with Crippen LogP contribution in [0, 0.1) is 17.3 Å². The van der Waals surface area contributed by atoms with Gasteiger partial charge in [0.2, 0.25) is 0 Å². The van der Waals surface area contributed by atoms with Gasteiger partial charge in [0.15, 0.2) is 5.82 Å². The zero-order chi connectivity index (χ0) is 28.0. The van der Waals surface area contributed by atoms with Gasteiger partial charge >= 0.3 is 0 Å². The Balaban J connectivity index is 1.29. The number of hydrazine groups is 1. The first-order valence-electron chi connectivity index (χ1n) is 14.9. The van der Waals surface area contributed by atoms with E-state index in [1.807, 2.05) is 15.8 Å². The summed E-state index contributed by atoms with van der Waals surface area (Å²) >= 11 is 0. The average Bonchev–Trinajstić information content (AvgIpc) is 3.31. The Hall–Kier alpha value is -2.42. The zero-order valence-corrected chi connectivity index (χ0v) is 25.5. The van der Waals surface area contributed by atoms with Gasteiger partial charge in [0.25, 0.3) is 0 Å². The third-order valence-corrected chi connectivity index (χ3v) is 10.7. The fraction of sp³-hybridized carbons (Fsp3) is 0.667. The van der Waals surface area contributed by atoms with Crippen LogP contribution in [0.25, 0.3) is 0 Å². The molecule has 2 saturated carbocycles. The van der Waals surface area contributed by atoms with Crippen LogP contribution in [0.1, 0.15) is 56.6 Å². The normalized spacial score (nSPS) is 23.2. The Labute approximate surface area is 239 Å². The average molecular weight is 565 g/mol. The molecule has 0 aromatic carbocycles. The van der Waals surface area contributed by atoms with Crippen molar-refractivity contribution in [1.29, 1.82) is 0 Å². The van der Waals surface area contributed by atoms with Crippen LogP contribution in [0.15, 0.2) is 18.3 Å². The largest absolute Gasteiger partial charge is 0.378 e. The molecule has 40 heavy (non-hydrogen) atoms. The lowest BCUT2D eigenvalue weighted by molar-refractivity contribution is 0.0390. The molecule has 3 fully saturated rings. The van der Waals surface area contributed by atoms with Gasteiger partial charge in [-0.2, -0.15) is 5.10 Å². The molecule has 0 bridgehead atoms. The molecule has 2 N–H and O–H groups in total. The van der Waals surface area contributed by atoms with E-state index >= 15 is 0 Å². The molecule has 2 aliphatic carbocycles. The van der Waals surface area contributed by atoms with Crippen LogP contribution in [0.4, 0.5) is 17.5 Å². The van der Waals surface area contributed by atoms with E-state index in [1.54, 1.807) is 6.20 Å². The smallest absolute Gasteiger partial charge is 0.157 e. The van der Waals surface area contributed by atoms with Crippen molar-refractivity contribution < 1.29 is 14.6 Å². The molecular formula is C30H44N6O3Si. The summed E-state index contributed by atoms with van der Waals surface area (Å²) in [5.74, 6) is 9.34. The minimum atomic E-state index is -1.16. The van der Waals surface area contributed by atoms with Gasteiger partial charge in [0.1, 0.15) is 24.0 Å². The van der Waals surface area contributed by atoms with Crippen LogP contribution in [0.3, 0.4) is 0 Å². The second kappa shape index (κ2) is 10.8. The van der Waals surface area contributed by atoms with Gasteiger partial charge in [-0.15, -0.1) is 0 Å². The van der Waals surface area contributed by atoms with Crippen LogP contribution in [0.2, 0.25) is 25.7 Å². The van der Waals surface area contributed by atoms with Crippen molar-refractivity contribution in [3.63, 3.8) is 0 Å². The number of hydrogen-bond donors (Lipinski definition) is 2. The summed E-state index contributed by atoms with van der Waals surface area (Å²) in [5.41, 5.74) is 5.08. The second-order valence-electron chi connectivity index (χ2n) is 13.4. The lowest BCUT2D eigenvalue weighted by Crippen LogP contribution is -2.44. The SMILES string of the molecule is C[C@@H]1COCCN1c1cc(C#CC2(O)CCC3(CC2)CC3)c2c(n1)N(c1ccnn1COCC[Si](C)(C)C)NC2. The molecule has 2 aliphatic heterocycles. The Kier molecular flexibility index (Phi) is 7.46. The summed E-state index contributed by atoms with van der Waals surface area (Å²) in [6, 6.07) is 5.42. The number of rotatable bonds is 7. The molecule has 6 rings (SSSR count). The maximum atomic E-state index is 11.3. The zero-order valence-electron chi connectivity index (χ0n) is 24.5. The maximum Gasteiger partial charge on any atom is 0.157 e. The Morgan fingerprint density at radius 3 is 2.70 bits per heavy atom. The second-order valence-corrected chi connectivity index (χ2v) is 19.1. The fourth-order valence-corrected chi connectivity index (χ4v) is 6.73. The Morgan fingerprint density at radius 2 is 1.98 bits per heavy atom.